The van der Waals surface area contributed by atoms with Gasteiger partial charge >= 0.3 is 0 Å². The first kappa shape index (κ1) is 17.8. The van der Waals surface area contributed by atoms with E-state index in [1.54, 1.807) is 0 Å². The minimum Gasteiger partial charge on any atom is -0.299 e. The van der Waals surface area contributed by atoms with Crippen LogP contribution >= 0.6 is 0 Å². The molecular formula is C20H30O. The molecule has 0 fully saturated rings. The largest absolute Gasteiger partial charge is 0.299 e. The fourth-order valence-electron chi connectivity index (χ4n) is 2.19. The third-order valence-electron chi connectivity index (χ3n) is 4.39. The van der Waals surface area contributed by atoms with E-state index in [1.807, 2.05) is 32.9 Å². The van der Waals surface area contributed by atoms with Gasteiger partial charge in [-0.25, -0.2) is 0 Å². The highest BCUT2D eigenvalue weighted by Gasteiger charge is 2.31. The van der Waals surface area contributed by atoms with Crippen LogP contribution in [-0.2, 0) is 4.79 Å². The van der Waals surface area contributed by atoms with Crippen molar-refractivity contribution in [3.05, 3.63) is 24.3 Å². The molecular weight excluding hydrogens is 256 g/mol. The minimum atomic E-state index is -0.287. The van der Waals surface area contributed by atoms with Gasteiger partial charge < -0.3 is 0 Å². The van der Waals surface area contributed by atoms with Gasteiger partial charge in [-0.1, -0.05) is 84.6 Å². The average molecular weight is 286 g/mol. The molecule has 0 saturated heterocycles. The van der Waals surface area contributed by atoms with Crippen LogP contribution < -0.4 is 0 Å². The van der Waals surface area contributed by atoms with E-state index in [1.165, 1.54) is 0 Å². The van der Waals surface area contributed by atoms with E-state index in [2.05, 4.69) is 51.7 Å². The first-order valence-corrected chi connectivity index (χ1v) is 7.91. The van der Waals surface area contributed by atoms with Crippen LogP contribution in [0.1, 0.15) is 54.9 Å². The van der Waals surface area contributed by atoms with Crippen LogP contribution in [0.4, 0.5) is 0 Å². The van der Waals surface area contributed by atoms with Gasteiger partial charge in [-0.15, -0.1) is 0 Å². The van der Waals surface area contributed by atoms with Crippen LogP contribution in [0.25, 0.3) is 0 Å². The molecule has 0 aromatic heterocycles. The Morgan fingerprint density at radius 3 is 2.05 bits per heavy atom. The Morgan fingerprint density at radius 2 is 1.62 bits per heavy atom. The summed E-state index contributed by atoms with van der Waals surface area (Å²) >= 11 is 0. The van der Waals surface area contributed by atoms with Crippen LogP contribution in [0.3, 0.4) is 0 Å². The van der Waals surface area contributed by atoms with E-state index in [4.69, 9.17) is 0 Å². The Labute approximate surface area is 130 Å². The summed E-state index contributed by atoms with van der Waals surface area (Å²) in [4.78, 5) is 12.4. The molecule has 0 spiro atoms. The van der Waals surface area contributed by atoms with Crippen LogP contribution in [0.2, 0.25) is 0 Å². The highest BCUT2D eigenvalue weighted by atomic mass is 16.1. The predicted molar refractivity (Wildman–Crippen MR) is 90.7 cm³/mol. The van der Waals surface area contributed by atoms with Crippen molar-refractivity contribution >= 4 is 5.78 Å². The normalized spacial score (nSPS) is 18.2. The molecule has 0 heterocycles. The Bertz CT molecular complexity index is 471. The molecule has 0 aromatic rings. The van der Waals surface area contributed by atoms with E-state index < -0.39 is 0 Å². The summed E-state index contributed by atoms with van der Waals surface area (Å²) in [6.45, 7) is 14.9. The van der Waals surface area contributed by atoms with E-state index in [9.17, 15) is 4.79 Å². The second kappa shape index (κ2) is 6.65. The first-order valence-electron chi connectivity index (χ1n) is 7.91. The summed E-state index contributed by atoms with van der Waals surface area (Å²) in [5, 5.41) is 0. The van der Waals surface area contributed by atoms with Gasteiger partial charge in [-0.05, 0) is 11.3 Å². The van der Waals surface area contributed by atoms with Crippen molar-refractivity contribution in [1.29, 1.82) is 0 Å². The van der Waals surface area contributed by atoms with E-state index in [0.29, 0.717) is 18.1 Å². The quantitative estimate of drug-likeness (QED) is 0.665. The third kappa shape index (κ3) is 5.54. The number of allylic oxidation sites excluding steroid dienone is 4. The number of hydrogen-bond acceptors (Lipinski definition) is 1. The van der Waals surface area contributed by atoms with Gasteiger partial charge in [-0.2, -0.15) is 0 Å². The monoisotopic (exact) mass is 286 g/mol. The molecule has 0 unspecified atom stereocenters. The minimum absolute atomic E-state index is 0.124. The highest BCUT2D eigenvalue weighted by Crippen LogP contribution is 2.35. The molecule has 116 valence electrons. The Morgan fingerprint density at radius 1 is 1.10 bits per heavy atom. The topological polar surface area (TPSA) is 17.1 Å². The zero-order valence-corrected chi connectivity index (χ0v) is 14.7. The molecule has 2 atom stereocenters. The fourth-order valence-corrected chi connectivity index (χ4v) is 2.19. The second-order valence-corrected chi connectivity index (χ2v) is 8.22. The molecule has 21 heavy (non-hydrogen) atoms. The molecule has 1 aliphatic rings. The van der Waals surface area contributed by atoms with Gasteiger partial charge in [0.05, 0.1) is 5.92 Å². The molecule has 0 radical (unpaired) electrons. The van der Waals surface area contributed by atoms with Crippen LogP contribution in [0.15, 0.2) is 24.3 Å². The van der Waals surface area contributed by atoms with Crippen molar-refractivity contribution in [3.63, 3.8) is 0 Å². The predicted octanol–water partition coefficient (Wildman–Crippen LogP) is 5.04. The summed E-state index contributed by atoms with van der Waals surface area (Å²) in [6.07, 6.45) is 8.80. The molecule has 1 aliphatic carbocycles. The van der Waals surface area contributed by atoms with Crippen molar-refractivity contribution in [2.45, 2.75) is 54.9 Å². The van der Waals surface area contributed by atoms with Crippen LogP contribution in [-0.4, -0.2) is 5.78 Å². The summed E-state index contributed by atoms with van der Waals surface area (Å²) in [6, 6.07) is 0. The maximum absolute atomic E-state index is 12.4. The van der Waals surface area contributed by atoms with Crippen molar-refractivity contribution in [2.75, 3.05) is 0 Å². The van der Waals surface area contributed by atoms with E-state index in [-0.39, 0.29) is 22.7 Å². The average Bonchev–Trinajstić information content (AvgIpc) is 2.83. The zero-order valence-electron chi connectivity index (χ0n) is 14.7. The van der Waals surface area contributed by atoms with E-state index >= 15 is 0 Å². The summed E-state index contributed by atoms with van der Waals surface area (Å²) in [7, 11) is 0. The Balaban J connectivity index is 2.92. The highest BCUT2D eigenvalue weighted by molar-refractivity contribution is 5.84. The van der Waals surface area contributed by atoms with Gasteiger partial charge in [0, 0.05) is 17.8 Å². The van der Waals surface area contributed by atoms with Gasteiger partial charge in [0.2, 0.25) is 0 Å². The lowest BCUT2D eigenvalue weighted by molar-refractivity contribution is -0.127. The van der Waals surface area contributed by atoms with Gasteiger partial charge in [0.15, 0.2) is 0 Å². The Kier molecular flexibility index (Phi) is 5.62. The molecule has 0 amide bonds. The molecule has 0 aliphatic heterocycles. The van der Waals surface area contributed by atoms with Gasteiger partial charge in [0.25, 0.3) is 0 Å². The third-order valence-corrected chi connectivity index (χ3v) is 4.39. The van der Waals surface area contributed by atoms with Crippen molar-refractivity contribution in [1.82, 2.24) is 0 Å². The van der Waals surface area contributed by atoms with Gasteiger partial charge in [-0.3, -0.25) is 4.79 Å². The SMILES string of the molecule is C[C@@H]([C@H](C#CC1C=CC=C1)CC(=O)C(C)(C)C)C(C)(C)C. The lowest BCUT2D eigenvalue weighted by atomic mass is 9.71. The lowest BCUT2D eigenvalue weighted by Crippen LogP contribution is -2.30. The number of ketones is 1. The molecule has 1 rings (SSSR count). The van der Waals surface area contributed by atoms with Crippen LogP contribution in [0.5, 0.6) is 0 Å². The molecule has 0 aromatic carbocycles. The molecule has 0 N–H and O–H groups in total. The molecule has 1 nitrogen and oxygen atoms in total. The fraction of sp³-hybridized carbons (Fsp3) is 0.650. The number of carbonyl (C=O) groups is 1. The number of rotatable bonds is 3. The van der Waals surface area contributed by atoms with Gasteiger partial charge in [0.1, 0.15) is 5.78 Å². The van der Waals surface area contributed by atoms with E-state index in [0.717, 1.165) is 0 Å². The van der Waals surface area contributed by atoms with Crippen LogP contribution in [0, 0.1) is 40.4 Å². The smallest absolute Gasteiger partial charge is 0.139 e. The number of Topliss-reactive ketones (excluding diaryl/α,β-unsaturated/α-hetero) is 1. The maximum atomic E-state index is 12.4. The summed E-state index contributed by atoms with van der Waals surface area (Å²) in [5.41, 5.74) is -0.135. The Hall–Kier alpha value is -1.29. The van der Waals surface area contributed by atoms with Crippen molar-refractivity contribution < 1.29 is 4.79 Å². The summed E-state index contributed by atoms with van der Waals surface area (Å²) in [5.74, 6) is 7.73. The number of carbonyl (C=O) groups excluding carboxylic acids is 1. The number of hydrogen-bond donors (Lipinski definition) is 0. The molecule has 0 saturated carbocycles. The standard InChI is InChI=1S/C20H30O/c1-15(19(2,3)4)17(14-18(21)20(5,6)7)13-12-16-10-8-9-11-16/h8-11,15-17H,14H2,1-7H3/t15-,17+/m0/s1. The van der Waals surface area contributed by atoms with Crippen molar-refractivity contribution in [3.8, 4) is 11.8 Å². The second-order valence-electron chi connectivity index (χ2n) is 8.22. The maximum Gasteiger partial charge on any atom is 0.139 e. The lowest BCUT2D eigenvalue weighted by Gasteiger charge is -2.32. The zero-order chi connectivity index (χ0) is 16.3. The molecule has 1 heteroatoms. The van der Waals surface area contributed by atoms with Crippen molar-refractivity contribution in [2.24, 2.45) is 28.6 Å². The first-order chi connectivity index (χ1) is 9.51. The summed E-state index contributed by atoms with van der Waals surface area (Å²) < 4.78 is 0. The molecule has 0 bridgehead atoms.